The Bertz CT molecular complexity index is 930. The minimum absolute atomic E-state index is 0.0157. The zero-order valence-corrected chi connectivity index (χ0v) is 17.2. The molecule has 0 atom stereocenters. The van der Waals surface area contributed by atoms with Crippen molar-refractivity contribution in [2.75, 3.05) is 26.2 Å². The molecular formula is C20H26N4O4S. The molecule has 0 N–H and O–H groups in total. The van der Waals surface area contributed by atoms with Gasteiger partial charge in [0.1, 0.15) is 6.42 Å². The minimum atomic E-state index is -3.35. The Hall–Kier alpha value is -2.26. The number of nitrogens with zero attached hydrogens (tertiary/aromatic N) is 4. The van der Waals surface area contributed by atoms with Crippen LogP contribution in [0.25, 0.3) is 0 Å². The normalized spacial score (nSPS) is 19.0. The number of hydrogen-bond acceptors (Lipinski definition) is 6. The topological polar surface area (TPSA) is 96.6 Å². The van der Waals surface area contributed by atoms with Gasteiger partial charge in [0.05, 0.1) is 5.75 Å². The molecule has 2 aliphatic heterocycles. The molecule has 0 bridgehead atoms. The van der Waals surface area contributed by atoms with E-state index in [1.54, 1.807) is 4.31 Å². The molecular weight excluding hydrogens is 392 g/mol. The standard InChI is InChI=1S/C20H26N4O4S/c25-19(23-10-4-5-11-23)14-18-21-22-20(28-18)17-8-12-24(13-9-17)29(26,27)15-16-6-2-1-3-7-16/h1-3,6-7,17H,4-5,8-15H2. The number of carbonyl (C=O) groups is 1. The first-order valence-corrected chi connectivity index (χ1v) is 11.7. The Labute approximate surface area is 171 Å². The molecule has 4 rings (SSSR count). The van der Waals surface area contributed by atoms with Gasteiger partial charge in [-0.15, -0.1) is 10.2 Å². The van der Waals surface area contributed by atoms with Crippen LogP contribution in [0.4, 0.5) is 0 Å². The predicted octanol–water partition coefficient (Wildman–Crippen LogP) is 1.94. The number of piperidine rings is 1. The number of likely N-dealkylation sites (tertiary alicyclic amines) is 1. The van der Waals surface area contributed by atoms with E-state index in [0.29, 0.717) is 37.7 Å². The predicted molar refractivity (Wildman–Crippen MR) is 106 cm³/mol. The fraction of sp³-hybridized carbons (Fsp3) is 0.550. The number of benzene rings is 1. The lowest BCUT2D eigenvalue weighted by Gasteiger charge is -2.29. The van der Waals surface area contributed by atoms with Crippen LogP contribution in [0.15, 0.2) is 34.7 Å². The molecule has 1 aromatic heterocycles. The highest BCUT2D eigenvalue weighted by Gasteiger charge is 2.31. The number of amides is 1. The highest BCUT2D eigenvalue weighted by molar-refractivity contribution is 7.88. The summed E-state index contributed by atoms with van der Waals surface area (Å²) in [4.78, 5) is 14.1. The van der Waals surface area contributed by atoms with E-state index in [4.69, 9.17) is 4.42 Å². The van der Waals surface area contributed by atoms with Crippen LogP contribution < -0.4 is 0 Å². The van der Waals surface area contributed by atoms with E-state index in [1.807, 2.05) is 35.2 Å². The SMILES string of the molecule is O=C(Cc1nnc(C2CCN(S(=O)(=O)Cc3ccccc3)CC2)o1)N1CCCC1. The van der Waals surface area contributed by atoms with Gasteiger partial charge in [-0.3, -0.25) is 4.79 Å². The summed E-state index contributed by atoms with van der Waals surface area (Å²) in [7, 11) is -3.35. The van der Waals surface area contributed by atoms with E-state index in [-0.39, 0.29) is 24.0 Å². The van der Waals surface area contributed by atoms with Gasteiger partial charge in [0, 0.05) is 32.1 Å². The smallest absolute Gasteiger partial charge is 0.231 e. The second-order valence-electron chi connectivity index (χ2n) is 7.71. The number of sulfonamides is 1. The molecule has 1 amide bonds. The molecule has 0 aliphatic carbocycles. The van der Waals surface area contributed by atoms with Crippen molar-refractivity contribution in [3.8, 4) is 0 Å². The van der Waals surface area contributed by atoms with Gasteiger partial charge >= 0.3 is 0 Å². The molecule has 0 unspecified atom stereocenters. The molecule has 9 heteroatoms. The molecule has 1 aromatic carbocycles. The largest absolute Gasteiger partial charge is 0.424 e. The first kappa shape index (κ1) is 20.0. The third kappa shape index (κ3) is 4.84. The maximum atomic E-state index is 12.7. The van der Waals surface area contributed by atoms with Gasteiger partial charge in [-0.05, 0) is 31.2 Å². The van der Waals surface area contributed by atoms with E-state index in [2.05, 4.69) is 10.2 Å². The van der Waals surface area contributed by atoms with Gasteiger partial charge in [-0.2, -0.15) is 0 Å². The minimum Gasteiger partial charge on any atom is -0.424 e. The lowest BCUT2D eigenvalue weighted by Crippen LogP contribution is -2.38. The van der Waals surface area contributed by atoms with Crippen molar-refractivity contribution in [2.24, 2.45) is 0 Å². The van der Waals surface area contributed by atoms with Gasteiger partial charge in [0.15, 0.2) is 0 Å². The molecule has 156 valence electrons. The molecule has 2 aliphatic rings. The molecule has 0 spiro atoms. The van der Waals surface area contributed by atoms with Crippen molar-refractivity contribution in [3.63, 3.8) is 0 Å². The van der Waals surface area contributed by atoms with Gasteiger partial charge < -0.3 is 9.32 Å². The summed E-state index contributed by atoms with van der Waals surface area (Å²) in [6.45, 7) is 2.47. The second kappa shape index (κ2) is 8.62. The van der Waals surface area contributed by atoms with Gasteiger partial charge in [-0.25, -0.2) is 12.7 Å². The number of aromatic nitrogens is 2. The summed E-state index contributed by atoms with van der Waals surface area (Å²) in [5, 5.41) is 8.15. The zero-order chi connectivity index (χ0) is 20.3. The number of rotatable bonds is 6. The van der Waals surface area contributed by atoms with Crippen molar-refractivity contribution >= 4 is 15.9 Å². The Morgan fingerprint density at radius 3 is 2.41 bits per heavy atom. The second-order valence-corrected chi connectivity index (χ2v) is 9.68. The van der Waals surface area contributed by atoms with E-state index < -0.39 is 10.0 Å². The average Bonchev–Trinajstić information content (AvgIpc) is 3.41. The molecule has 8 nitrogen and oxygen atoms in total. The summed E-state index contributed by atoms with van der Waals surface area (Å²) < 4.78 is 32.6. The monoisotopic (exact) mass is 418 g/mol. The first-order chi connectivity index (χ1) is 14.0. The number of carbonyl (C=O) groups excluding carboxylic acids is 1. The Balaban J connectivity index is 1.31. The van der Waals surface area contributed by atoms with Crippen molar-refractivity contribution in [1.82, 2.24) is 19.4 Å². The van der Waals surface area contributed by atoms with Crippen molar-refractivity contribution in [3.05, 3.63) is 47.7 Å². The summed E-state index contributed by atoms with van der Waals surface area (Å²) in [6.07, 6.45) is 3.50. The van der Waals surface area contributed by atoms with Crippen LogP contribution in [-0.4, -0.2) is 59.9 Å². The Morgan fingerprint density at radius 2 is 1.72 bits per heavy atom. The number of hydrogen-bond donors (Lipinski definition) is 0. The Kier molecular flexibility index (Phi) is 5.96. The van der Waals surface area contributed by atoms with Crippen molar-refractivity contribution < 1.29 is 17.6 Å². The van der Waals surface area contributed by atoms with Crippen LogP contribution in [0.1, 0.15) is 48.9 Å². The van der Waals surface area contributed by atoms with Crippen LogP contribution in [0, 0.1) is 0 Å². The maximum Gasteiger partial charge on any atom is 0.231 e. The third-order valence-electron chi connectivity index (χ3n) is 5.63. The quantitative estimate of drug-likeness (QED) is 0.711. The summed E-state index contributed by atoms with van der Waals surface area (Å²) in [5.41, 5.74) is 0.791. The Morgan fingerprint density at radius 1 is 1.03 bits per heavy atom. The fourth-order valence-corrected chi connectivity index (χ4v) is 5.53. The lowest BCUT2D eigenvalue weighted by atomic mass is 9.98. The molecule has 2 saturated heterocycles. The molecule has 3 heterocycles. The summed E-state index contributed by atoms with van der Waals surface area (Å²) >= 11 is 0. The molecule has 29 heavy (non-hydrogen) atoms. The molecule has 0 saturated carbocycles. The van der Waals surface area contributed by atoms with E-state index in [1.165, 1.54) is 0 Å². The van der Waals surface area contributed by atoms with Crippen molar-refractivity contribution in [2.45, 2.75) is 43.8 Å². The third-order valence-corrected chi connectivity index (χ3v) is 7.48. The van der Waals surface area contributed by atoms with Gasteiger partial charge in [0.25, 0.3) is 0 Å². The van der Waals surface area contributed by atoms with Crippen LogP contribution in [0.3, 0.4) is 0 Å². The van der Waals surface area contributed by atoms with E-state index >= 15 is 0 Å². The fourth-order valence-electron chi connectivity index (χ4n) is 3.97. The zero-order valence-electron chi connectivity index (χ0n) is 16.4. The van der Waals surface area contributed by atoms with E-state index in [0.717, 1.165) is 31.5 Å². The molecule has 0 radical (unpaired) electrons. The molecule has 2 fully saturated rings. The highest BCUT2D eigenvalue weighted by atomic mass is 32.2. The lowest BCUT2D eigenvalue weighted by molar-refractivity contribution is -0.129. The first-order valence-electron chi connectivity index (χ1n) is 10.1. The van der Waals surface area contributed by atoms with Crippen LogP contribution >= 0.6 is 0 Å². The van der Waals surface area contributed by atoms with Crippen LogP contribution in [0.5, 0.6) is 0 Å². The van der Waals surface area contributed by atoms with Gasteiger partial charge in [0.2, 0.25) is 27.7 Å². The molecule has 2 aromatic rings. The van der Waals surface area contributed by atoms with E-state index in [9.17, 15) is 13.2 Å². The average molecular weight is 419 g/mol. The highest BCUT2D eigenvalue weighted by Crippen LogP contribution is 2.29. The van der Waals surface area contributed by atoms with Gasteiger partial charge in [-0.1, -0.05) is 30.3 Å². The summed E-state index contributed by atoms with van der Waals surface area (Å²) in [6, 6.07) is 9.22. The van der Waals surface area contributed by atoms with Crippen LogP contribution in [0.2, 0.25) is 0 Å². The summed E-state index contributed by atoms with van der Waals surface area (Å²) in [5.74, 6) is 0.924. The van der Waals surface area contributed by atoms with Crippen molar-refractivity contribution in [1.29, 1.82) is 0 Å². The maximum absolute atomic E-state index is 12.7. The van der Waals surface area contributed by atoms with Crippen LogP contribution in [-0.2, 0) is 27.0 Å².